The number of hydrogen-bond donors (Lipinski definition) is 2. The Morgan fingerprint density at radius 3 is 2.92 bits per heavy atom. The summed E-state index contributed by atoms with van der Waals surface area (Å²) in [5, 5.41) is 0. The van der Waals surface area contributed by atoms with Crippen molar-refractivity contribution in [2.75, 3.05) is 13.1 Å². The van der Waals surface area contributed by atoms with Crippen LogP contribution in [-0.4, -0.2) is 36.0 Å². The van der Waals surface area contributed by atoms with Crippen molar-refractivity contribution in [3.8, 4) is 0 Å². The molecule has 1 fully saturated rings. The Morgan fingerprint density at radius 2 is 2.42 bits per heavy atom. The van der Waals surface area contributed by atoms with Crippen LogP contribution in [0.3, 0.4) is 0 Å². The van der Waals surface area contributed by atoms with Crippen molar-refractivity contribution in [1.29, 1.82) is 0 Å². The van der Waals surface area contributed by atoms with Gasteiger partial charge in [0.2, 0.25) is 5.91 Å². The normalized spacial score (nSPS) is 27.3. The Kier molecular flexibility index (Phi) is 3.05. The van der Waals surface area contributed by atoms with Gasteiger partial charge in [0.25, 0.3) is 0 Å². The van der Waals surface area contributed by atoms with Gasteiger partial charge in [0, 0.05) is 12.6 Å². The summed E-state index contributed by atoms with van der Waals surface area (Å²) in [5.41, 5.74) is 10.8. The first-order chi connectivity index (χ1) is 5.66. The molecule has 0 aromatic heterocycles. The summed E-state index contributed by atoms with van der Waals surface area (Å²) in [6.45, 7) is 3.42. The SMILES string of the molecule is CC(C(N)=O)N1CCCC1CN. The average Bonchev–Trinajstić information content (AvgIpc) is 2.49. The highest BCUT2D eigenvalue weighted by Gasteiger charge is 2.29. The quantitative estimate of drug-likeness (QED) is 0.589. The first-order valence-electron chi connectivity index (χ1n) is 4.42. The van der Waals surface area contributed by atoms with Crippen molar-refractivity contribution in [3.05, 3.63) is 0 Å². The summed E-state index contributed by atoms with van der Waals surface area (Å²) >= 11 is 0. The van der Waals surface area contributed by atoms with Crippen LogP contribution < -0.4 is 11.5 Å². The Morgan fingerprint density at radius 1 is 1.75 bits per heavy atom. The van der Waals surface area contributed by atoms with E-state index in [2.05, 4.69) is 4.90 Å². The standard InChI is InChI=1S/C8H17N3O/c1-6(8(10)12)11-4-2-3-7(11)5-9/h6-7H,2-5,9H2,1H3,(H2,10,12). The van der Waals surface area contributed by atoms with E-state index in [4.69, 9.17) is 11.5 Å². The summed E-state index contributed by atoms with van der Waals surface area (Å²) in [4.78, 5) is 13.0. The highest BCUT2D eigenvalue weighted by Crippen LogP contribution is 2.18. The minimum Gasteiger partial charge on any atom is -0.368 e. The first kappa shape index (κ1) is 9.48. The van der Waals surface area contributed by atoms with Gasteiger partial charge in [-0.1, -0.05) is 0 Å². The molecule has 2 unspecified atom stereocenters. The van der Waals surface area contributed by atoms with Crippen LogP contribution in [0.15, 0.2) is 0 Å². The third kappa shape index (κ3) is 1.76. The van der Waals surface area contributed by atoms with Gasteiger partial charge in [0.1, 0.15) is 0 Å². The number of carbonyl (C=O) groups excluding carboxylic acids is 1. The van der Waals surface area contributed by atoms with E-state index in [1.54, 1.807) is 0 Å². The Hall–Kier alpha value is -0.610. The zero-order valence-corrected chi connectivity index (χ0v) is 7.49. The van der Waals surface area contributed by atoms with Gasteiger partial charge in [-0.3, -0.25) is 9.69 Å². The fraction of sp³-hybridized carbons (Fsp3) is 0.875. The molecule has 0 aliphatic carbocycles. The molecule has 1 amide bonds. The van der Waals surface area contributed by atoms with E-state index in [-0.39, 0.29) is 11.9 Å². The van der Waals surface area contributed by atoms with Gasteiger partial charge >= 0.3 is 0 Å². The van der Waals surface area contributed by atoms with Gasteiger partial charge in [0.05, 0.1) is 6.04 Å². The van der Waals surface area contributed by atoms with Crippen LogP contribution in [0.4, 0.5) is 0 Å². The second-order valence-electron chi connectivity index (χ2n) is 3.35. The molecule has 1 saturated heterocycles. The molecular formula is C8H17N3O. The molecule has 4 N–H and O–H groups in total. The maximum absolute atomic E-state index is 10.9. The number of nitrogens with zero attached hydrogens (tertiary/aromatic N) is 1. The zero-order chi connectivity index (χ0) is 9.14. The van der Waals surface area contributed by atoms with Gasteiger partial charge in [-0.15, -0.1) is 0 Å². The van der Waals surface area contributed by atoms with Crippen molar-refractivity contribution in [2.24, 2.45) is 11.5 Å². The molecule has 1 aliphatic heterocycles. The molecule has 1 aliphatic rings. The minimum atomic E-state index is -0.254. The van der Waals surface area contributed by atoms with E-state index in [1.807, 2.05) is 6.92 Å². The predicted octanol–water partition coefficient (Wildman–Crippen LogP) is -0.717. The number of rotatable bonds is 3. The summed E-state index contributed by atoms with van der Waals surface area (Å²) < 4.78 is 0. The molecule has 0 aromatic carbocycles. The summed E-state index contributed by atoms with van der Waals surface area (Å²) in [6, 6.07) is 0.188. The molecule has 1 rings (SSSR count). The fourth-order valence-electron chi connectivity index (χ4n) is 1.78. The smallest absolute Gasteiger partial charge is 0.234 e. The molecule has 4 heteroatoms. The van der Waals surface area contributed by atoms with Crippen LogP contribution in [-0.2, 0) is 4.79 Å². The molecule has 1 heterocycles. The maximum atomic E-state index is 10.9. The van der Waals surface area contributed by atoms with E-state index < -0.39 is 0 Å². The number of nitrogens with two attached hydrogens (primary N) is 2. The Labute approximate surface area is 72.9 Å². The van der Waals surface area contributed by atoms with Crippen LogP contribution in [0, 0.1) is 0 Å². The van der Waals surface area contributed by atoms with Gasteiger partial charge < -0.3 is 11.5 Å². The zero-order valence-electron chi connectivity index (χ0n) is 7.49. The summed E-state index contributed by atoms with van der Waals surface area (Å²) in [6.07, 6.45) is 2.22. The lowest BCUT2D eigenvalue weighted by Crippen LogP contribution is -2.47. The monoisotopic (exact) mass is 171 g/mol. The van der Waals surface area contributed by atoms with Crippen LogP contribution in [0.25, 0.3) is 0 Å². The lowest BCUT2D eigenvalue weighted by Gasteiger charge is -2.27. The lowest BCUT2D eigenvalue weighted by atomic mass is 10.2. The molecule has 70 valence electrons. The van der Waals surface area contributed by atoms with Crippen LogP contribution in [0.2, 0.25) is 0 Å². The molecule has 4 nitrogen and oxygen atoms in total. The minimum absolute atomic E-state index is 0.166. The molecular weight excluding hydrogens is 154 g/mol. The molecule has 0 spiro atoms. The highest BCUT2D eigenvalue weighted by atomic mass is 16.1. The van der Waals surface area contributed by atoms with Gasteiger partial charge in [-0.2, -0.15) is 0 Å². The van der Waals surface area contributed by atoms with Gasteiger partial charge in [-0.25, -0.2) is 0 Å². The maximum Gasteiger partial charge on any atom is 0.234 e. The van der Waals surface area contributed by atoms with Crippen molar-refractivity contribution in [3.63, 3.8) is 0 Å². The van der Waals surface area contributed by atoms with E-state index >= 15 is 0 Å². The van der Waals surface area contributed by atoms with Crippen LogP contribution >= 0.6 is 0 Å². The van der Waals surface area contributed by atoms with Crippen molar-refractivity contribution in [2.45, 2.75) is 31.8 Å². The van der Waals surface area contributed by atoms with Crippen molar-refractivity contribution in [1.82, 2.24) is 4.90 Å². The molecule has 2 atom stereocenters. The van der Waals surface area contributed by atoms with E-state index in [0.29, 0.717) is 12.6 Å². The fourth-order valence-corrected chi connectivity index (χ4v) is 1.78. The van der Waals surface area contributed by atoms with Gasteiger partial charge in [0.15, 0.2) is 0 Å². The van der Waals surface area contributed by atoms with Crippen molar-refractivity contribution < 1.29 is 4.79 Å². The summed E-state index contributed by atoms with van der Waals surface area (Å²) in [5.74, 6) is -0.254. The predicted molar refractivity (Wildman–Crippen MR) is 47.4 cm³/mol. The van der Waals surface area contributed by atoms with Crippen LogP contribution in [0.1, 0.15) is 19.8 Å². The van der Waals surface area contributed by atoms with Crippen molar-refractivity contribution >= 4 is 5.91 Å². The molecule has 0 aromatic rings. The average molecular weight is 171 g/mol. The second-order valence-corrected chi connectivity index (χ2v) is 3.35. The Bertz CT molecular complexity index is 172. The Balaban J connectivity index is 2.55. The number of carbonyl (C=O) groups is 1. The van der Waals surface area contributed by atoms with E-state index in [1.165, 1.54) is 0 Å². The largest absolute Gasteiger partial charge is 0.368 e. The van der Waals surface area contributed by atoms with Crippen LogP contribution in [0.5, 0.6) is 0 Å². The first-order valence-corrected chi connectivity index (χ1v) is 4.42. The third-order valence-corrected chi connectivity index (χ3v) is 2.60. The van der Waals surface area contributed by atoms with Gasteiger partial charge in [-0.05, 0) is 26.3 Å². The molecule has 0 radical (unpaired) electrons. The second kappa shape index (κ2) is 3.87. The number of likely N-dealkylation sites (tertiary alicyclic amines) is 1. The number of hydrogen-bond acceptors (Lipinski definition) is 3. The highest BCUT2D eigenvalue weighted by molar-refractivity contribution is 5.79. The van der Waals surface area contributed by atoms with E-state index in [0.717, 1.165) is 19.4 Å². The van der Waals surface area contributed by atoms with E-state index in [9.17, 15) is 4.79 Å². The topological polar surface area (TPSA) is 72.4 Å². The number of amides is 1. The summed E-state index contributed by atoms with van der Waals surface area (Å²) in [7, 11) is 0. The third-order valence-electron chi connectivity index (χ3n) is 2.60. The lowest BCUT2D eigenvalue weighted by molar-refractivity contribution is -0.122. The molecule has 0 saturated carbocycles. The molecule has 0 bridgehead atoms. The number of primary amides is 1. The molecule has 12 heavy (non-hydrogen) atoms.